The molecule has 0 saturated carbocycles. The van der Waals surface area contributed by atoms with Crippen molar-refractivity contribution >= 4 is 21.6 Å². The first kappa shape index (κ1) is 15.1. The zero-order valence-corrected chi connectivity index (χ0v) is 14.2. The second kappa shape index (κ2) is 6.44. The Balaban J connectivity index is 2.13. The predicted octanol–water partition coefficient (Wildman–Crippen LogP) is 4.48. The zero-order chi connectivity index (χ0) is 14.7. The smallest absolute Gasteiger partial charge is 0.0767 e. The van der Waals surface area contributed by atoms with E-state index in [0.29, 0.717) is 5.92 Å². The number of hydrogen-bond donors (Lipinski definition) is 1. The quantitative estimate of drug-likeness (QED) is 0.872. The van der Waals surface area contributed by atoms with Crippen molar-refractivity contribution in [3.8, 4) is 0 Å². The van der Waals surface area contributed by atoms with E-state index < -0.39 is 0 Å². The standard InChI is InChI=1S/C16H22BrN3/c1-5-14-16(17)15(20(4)19-14)10-18-13-8-6-7-12(9-13)11(2)3/h6-9,11,18H,5,10H2,1-4H3. The van der Waals surface area contributed by atoms with Gasteiger partial charge in [0.05, 0.1) is 22.4 Å². The number of benzene rings is 1. The Morgan fingerprint density at radius 2 is 2.10 bits per heavy atom. The molecule has 1 aromatic heterocycles. The van der Waals surface area contributed by atoms with E-state index in [2.05, 4.69) is 71.4 Å². The highest BCUT2D eigenvalue weighted by Gasteiger charge is 2.12. The van der Waals surface area contributed by atoms with E-state index in [9.17, 15) is 0 Å². The molecule has 0 aliphatic rings. The third kappa shape index (κ3) is 3.23. The van der Waals surface area contributed by atoms with Gasteiger partial charge >= 0.3 is 0 Å². The molecule has 2 aromatic rings. The first-order valence-electron chi connectivity index (χ1n) is 7.07. The summed E-state index contributed by atoms with van der Waals surface area (Å²) in [6.45, 7) is 7.32. The van der Waals surface area contributed by atoms with Gasteiger partial charge in [-0.3, -0.25) is 4.68 Å². The Labute approximate surface area is 129 Å². The fourth-order valence-corrected chi connectivity index (χ4v) is 2.96. The van der Waals surface area contributed by atoms with Crippen molar-refractivity contribution in [3.63, 3.8) is 0 Å². The fraction of sp³-hybridized carbons (Fsp3) is 0.438. The highest BCUT2D eigenvalue weighted by Crippen LogP contribution is 2.23. The van der Waals surface area contributed by atoms with Crippen LogP contribution in [0.5, 0.6) is 0 Å². The summed E-state index contributed by atoms with van der Waals surface area (Å²) in [4.78, 5) is 0. The zero-order valence-electron chi connectivity index (χ0n) is 12.6. The van der Waals surface area contributed by atoms with Gasteiger partial charge in [0.2, 0.25) is 0 Å². The van der Waals surface area contributed by atoms with Crippen molar-refractivity contribution < 1.29 is 0 Å². The van der Waals surface area contributed by atoms with E-state index in [1.807, 2.05) is 11.7 Å². The molecule has 108 valence electrons. The van der Waals surface area contributed by atoms with Crippen LogP contribution in [0.15, 0.2) is 28.7 Å². The van der Waals surface area contributed by atoms with Crippen LogP contribution in [-0.2, 0) is 20.0 Å². The van der Waals surface area contributed by atoms with Gasteiger partial charge in [-0.05, 0) is 46.0 Å². The lowest BCUT2D eigenvalue weighted by atomic mass is 10.0. The third-order valence-electron chi connectivity index (χ3n) is 3.52. The van der Waals surface area contributed by atoms with E-state index in [1.165, 1.54) is 11.3 Å². The van der Waals surface area contributed by atoms with E-state index in [0.717, 1.165) is 28.8 Å². The van der Waals surface area contributed by atoms with Crippen LogP contribution in [0.2, 0.25) is 0 Å². The molecule has 0 atom stereocenters. The minimum absolute atomic E-state index is 0.548. The molecule has 0 bridgehead atoms. The number of aromatic nitrogens is 2. The molecule has 4 heteroatoms. The fourth-order valence-electron chi connectivity index (χ4n) is 2.21. The van der Waals surface area contributed by atoms with Crippen LogP contribution in [0.1, 0.15) is 43.6 Å². The summed E-state index contributed by atoms with van der Waals surface area (Å²) < 4.78 is 3.07. The summed E-state index contributed by atoms with van der Waals surface area (Å²) >= 11 is 3.65. The van der Waals surface area contributed by atoms with Gasteiger partial charge in [0.25, 0.3) is 0 Å². The van der Waals surface area contributed by atoms with Gasteiger partial charge in [0, 0.05) is 12.7 Å². The van der Waals surface area contributed by atoms with Crippen molar-refractivity contribution in [1.29, 1.82) is 0 Å². The molecule has 0 saturated heterocycles. The van der Waals surface area contributed by atoms with Gasteiger partial charge in [-0.25, -0.2) is 0 Å². The lowest BCUT2D eigenvalue weighted by molar-refractivity contribution is 0.706. The van der Waals surface area contributed by atoms with E-state index in [1.54, 1.807) is 0 Å². The maximum atomic E-state index is 4.52. The monoisotopic (exact) mass is 335 g/mol. The third-order valence-corrected chi connectivity index (χ3v) is 4.43. The largest absolute Gasteiger partial charge is 0.379 e. The topological polar surface area (TPSA) is 29.9 Å². The number of nitrogens with one attached hydrogen (secondary N) is 1. The molecular weight excluding hydrogens is 314 g/mol. The molecule has 2 rings (SSSR count). The molecule has 20 heavy (non-hydrogen) atoms. The van der Waals surface area contributed by atoms with Crippen LogP contribution in [0.25, 0.3) is 0 Å². The summed E-state index contributed by atoms with van der Waals surface area (Å²) in [6.07, 6.45) is 0.942. The molecular formula is C16H22BrN3. The Morgan fingerprint density at radius 3 is 2.70 bits per heavy atom. The van der Waals surface area contributed by atoms with Crippen molar-refractivity contribution in [3.05, 3.63) is 45.7 Å². The van der Waals surface area contributed by atoms with E-state index in [4.69, 9.17) is 0 Å². The number of halogens is 1. The predicted molar refractivity (Wildman–Crippen MR) is 88.1 cm³/mol. The van der Waals surface area contributed by atoms with Crippen molar-refractivity contribution in [2.24, 2.45) is 7.05 Å². The molecule has 1 heterocycles. The van der Waals surface area contributed by atoms with Crippen LogP contribution in [-0.4, -0.2) is 9.78 Å². The summed E-state index contributed by atoms with van der Waals surface area (Å²) in [5.74, 6) is 0.548. The maximum absolute atomic E-state index is 4.52. The second-order valence-corrected chi connectivity index (χ2v) is 6.11. The van der Waals surface area contributed by atoms with Crippen LogP contribution in [0.3, 0.4) is 0 Å². The number of aryl methyl sites for hydroxylation is 2. The average Bonchev–Trinajstić information content (AvgIpc) is 2.71. The average molecular weight is 336 g/mol. The Bertz CT molecular complexity index is 587. The van der Waals surface area contributed by atoms with Gasteiger partial charge in [-0.1, -0.05) is 32.9 Å². The number of anilines is 1. The molecule has 0 aliphatic carbocycles. The van der Waals surface area contributed by atoms with Crippen LogP contribution in [0, 0.1) is 0 Å². The molecule has 0 fully saturated rings. The number of hydrogen-bond acceptors (Lipinski definition) is 2. The summed E-state index contributed by atoms with van der Waals surface area (Å²) in [5, 5.41) is 8.00. The highest BCUT2D eigenvalue weighted by atomic mass is 79.9. The van der Waals surface area contributed by atoms with E-state index >= 15 is 0 Å². The molecule has 3 nitrogen and oxygen atoms in total. The lowest BCUT2D eigenvalue weighted by Crippen LogP contribution is -2.06. The first-order valence-corrected chi connectivity index (χ1v) is 7.86. The minimum Gasteiger partial charge on any atom is -0.379 e. The van der Waals surface area contributed by atoms with Gasteiger partial charge in [0.1, 0.15) is 0 Å². The number of nitrogens with zero attached hydrogens (tertiary/aromatic N) is 2. The minimum atomic E-state index is 0.548. The Hall–Kier alpha value is -1.29. The Morgan fingerprint density at radius 1 is 1.35 bits per heavy atom. The summed E-state index contributed by atoms with van der Waals surface area (Å²) in [5.41, 5.74) is 4.80. The lowest BCUT2D eigenvalue weighted by Gasteiger charge is -2.11. The molecule has 1 N–H and O–H groups in total. The van der Waals surface area contributed by atoms with Crippen LogP contribution < -0.4 is 5.32 Å². The molecule has 0 aliphatic heterocycles. The second-order valence-electron chi connectivity index (χ2n) is 5.32. The summed E-state index contributed by atoms with van der Waals surface area (Å²) in [7, 11) is 1.99. The maximum Gasteiger partial charge on any atom is 0.0767 e. The van der Waals surface area contributed by atoms with Gasteiger partial charge < -0.3 is 5.32 Å². The summed E-state index contributed by atoms with van der Waals surface area (Å²) in [6, 6.07) is 8.60. The molecule has 0 spiro atoms. The van der Waals surface area contributed by atoms with Crippen molar-refractivity contribution in [2.75, 3.05) is 5.32 Å². The van der Waals surface area contributed by atoms with Crippen molar-refractivity contribution in [2.45, 2.75) is 39.7 Å². The molecule has 0 unspecified atom stereocenters. The highest BCUT2D eigenvalue weighted by molar-refractivity contribution is 9.10. The SMILES string of the molecule is CCc1nn(C)c(CNc2cccc(C(C)C)c2)c1Br. The molecule has 0 radical (unpaired) electrons. The van der Waals surface area contributed by atoms with E-state index in [-0.39, 0.29) is 0 Å². The number of rotatable bonds is 5. The first-order chi connectivity index (χ1) is 9.52. The van der Waals surface area contributed by atoms with Crippen molar-refractivity contribution in [1.82, 2.24) is 9.78 Å². The normalized spacial score (nSPS) is 11.1. The van der Waals surface area contributed by atoms with Crippen LogP contribution >= 0.6 is 15.9 Å². The van der Waals surface area contributed by atoms with Crippen LogP contribution in [0.4, 0.5) is 5.69 Å². The molecule has 0 amide bonds. The molecule has 1 aromatic carbocycles. The van der Waals surface area contributed by atoms with Gasteiger partial charge in [-0.2, -0.15) is 5.10 Å². The Kier molecular flexibility index (Phi) is 4.86. The van der Waals surface area contributed by atoms with Gasteiger partial charge in [0.15, 0.2) is 0 Å². The van der Waals surface area contributed by atoms with Gasteiger partial charge in [-0.15, -0.1) is 0 Å².